The SMILES string of the molecule is CCOC(=O)c1n[nH]c2cccc(N)c12. The van der Waals surface area contributed by atoms with Gasteiger partial charge < -0.3 is 10.5 Å². The van der Waals surface area contributed by atoms with Gasteiger partial charge in [0.15, 0.2) is 5.69 Å². The molecule has 2 rings (SSSR count). The molecule has 0 fully saturated rings. The number of anilines is 1. The third-order valence-electron chi connectivity index (χ3n) is 2.09. The molecule has 3 N–H and O–H groups in total. The summed E-state index contributed by atoms with van der Waals surface area (Å²) in [7, 11) is 0. The molecular weight excluding hydrogens is 194 g/mol. The number of nitrogens with zero attached hydrogens (tertiary/aromatic N) is 1. The van der Waals surface area contributed by atoms with Crippen LogP contribution < -0.4 is 5.73 Å². The Kier molecular flexibility index (Phi) is 2.29. The summed E-state index contributed by atoms with van der Waals surface area (Å²) < 4.78 is 4.87. The van der Waals surface area contributed by atoms with Crippen molar-refractivity contribution in [1.82, 2.24) is 10.2 Å². The molecule has 0 unspecified atom stereocenters. The van der Waals surface area contributed by atoms with Gasteiger partial charge in [0.2, 0.25) is 0 Å². The predicted molar refractivity (Wildman–Crippen MR) is 56.5 cm³/mol. The van der Waals surface area contributed by atoms with Crippen LogP contribution in [0.15, 0.2) is 18.2 Å². The Morgan fingerprint density at radius 3 is 3.13 bits per heavy atom. The molecule has 78 valence electrons. The zero-order valence-electron chi connectivity index (χ0n) is 8.28. The van der Waals surface area contributed by atoms with Crippen LogP contribution in [0, 0.1) is 0 Å². The van der Waals surface area contributed by atoms with Gasteiger partial charge in [-0.1, -0.05) is 6.07 Å². The molecule has 0 atom stereocenters. The fraction of sp³-hybridized carbons (Fsp3) is 0.200. The Hall–Kier alpha value is -2.04. The molecule has 1 heterocycles. The maximum Gasteiger partial charge on any atom is 0.359 e. The number of hydrogen-bond acceptors (Lipinski definition) is 4. The molecule has 5 nitrogen and oxygen atoms in total. The van der Waals surface area contributed by atoms with Crippen molar-refractivity contribution in [1.29, 1.82) is 0 Å². The lowest BCUT2D eigenvalue weighted by Crippen LogP contribution is -2.06. The fourth-order valence-corrected chi connectivity index (χ4v) is 1.45. The summed E-state index contributed by atoms with van der Waals surface area (Å²) in [4.78, 5) is 11.5. The van der Waals surface area contributed by atoms with Crippen molar-refractivity contribution >= 4 is 22.6 Å². The van der Waals surface area contributed by atoms with Gasteiger partial charge in [-0.05, 0) is 19.1 Å². The molecule has 0 saturated heterocycles. The number of carbonyl (C=O) groups is 1. The number of aromatic amines is 1. The highest BCUT2D eigenvalue weighted by atomic mass is 16.5. The number of H-pyrrole nitrogens is 1. The maximum absolute atomic E-state index is 11.5. The summed E-state index contributed by atoms with van der Waals surface area (Å²) in [5, 5.41) is 7.25. The van der Waals surface area contributed by atoms with Crippen LogP contribution in [0.2, 0.25) is 0 Å². The average Bonchev–Trinajstić information content (AvgIpc) is 2.63. The summed E-state index contributed by atoms with van der Waals surface area (Å²) in [6, 6.07) is 5.33. The molecule has 0 bridgehead atoms. The van der Waals surface area contributed by atoms with E-state index in [1.165, 1.54) is 0 Å². The van der Waals surface area contributed by atoms with Crippen LogP contribution in [0.4, 0.5) is 5.69 Å². The first-order chi connectivity index (χ1) is 7.24. The van der Waals surface area contributed by atoms with Crippen LogP contribution in [0.25, 0.3) is 10.9 Å². The molecule has 1 aromatic heterocycles. The van der Waals surface area contributed by atoms with E-state index in [2.05, 4.69) is 10.2 Å². The lowest BCUT2D eigenvalue weighted by molar-refractivity contribution is 0.0521. The van der Waals surface area contributed by atoms with Crippen molar-refractivity contribution in [2.45, 2.75) is 6.92 Å². The minimum absolute atomic E-state index is 0.241. The lowest BCUT2D eigenvalue weighted by Gasteiger charge is -1.99. The molecular formula is C10H11N3O2. The van der Waals surface area contributed by atoms with E-state index in [-0.39, 0.29) is 5.69 Å². The van der Waals surface area contributed by atoms with E-state index in [0.717, 1.165) is 5.52 Å². The first-order valence-corrected chi connectivity index (χ1v) is 4.63. The van der Waals surface area contributed by atoms with Gasteiger partial charge in [-0.2, -0.15) is 5.10 Å². The number of nitrogens with one attached hydrogen (secondary N) is 1. The highest BCUT2D eigenvalue weighted by Gasteiger charge is 2.16. The molecule has 2 aromatic rings. The van der Waals surface area contributed by atoms with Crippen LogP contribution in [0.1, 0.15) is 17.4 Å². The van der Waals surface area contributed by atoms with Gasteiger partial charge in [-0.3, -0.25) is 5.10 Å². The molecule has 1 aromatic carbocycles. The van der Waals surface area contributed by atoms with Gasteiger partial charge in [-0.15, -0.1) is 0 Å². The summed E-state index contributed by atoms with van der Waals surface area (Å²) in [5.74, 6) is -0.457. The number of fused-ring (bicyclic) bond motifs is 1. The summed E-state index contributed by atoms with van der Waals surface area (Å²) >= 11 is 0. The second-order valence-electron chi connectivity index (χ2n) is 3.06. The van der Waals surface area contributed by atoms with E-state index in [1.54, 1.807) is 25.1 Å². The number of esters is 1. The smallest absolute Gasteiger partial charge is 0.359 e. The second kappa shape index (κ2) is 3.61. The van der Waals surface area contributed by atoms with Crippen molar-refractivity contribution in [3.63, 3.8) is 0 Å². The standard InChI is InChI=1S/C10H11N3O2/c1-2-15-10(14)9-8-6(11)4-3-5-7(8)12-13-9/h3-5H,2,11H2,1H3,(H,12,13). The zero-order valence-corrected chi connectivity index (χ0v) is 8.28. The van der Waals surface area contributed by atoms with Crippen LogP contribution in [0.5, 0.6) is 0 Å². The Labute approximate surface area is 86.2 Å². The van der Waals surface area contributed by atoms with E-state index >= 15 is 0 Å². The van der Waals surface area contributed by atoms with Crippen LogP contribution >= 0.6 is 0 Å². The van der Waals surface area contributed by atoms with Crippen molar-refractivity contribution in [3.05, 3.63) is 23.9 Å². The normalized spacial score (nSPS) is 10.5. The lowest BCUT2D eigenvalue weighted by atomic mass is 10.2. The number of nitrogens with two attached hydrogens (primary N) is 1. The van der Waals surface area contributed by atoms with E-state index in [1.807, 2.05) is 0 Å². The first-order valence-electron chi connectivity index (χ1n) is 4.63. The number of hydrogen-bond donors (Lipinski definition) is 2. The molecule has 15 heavy (non-hydrogen) atoms. The van der Waals surface area contributed by atoms with Crippen molar-refractivity contribution in [2.24, 2.45) is 0 Å². The predicted octanol–water partition coefficient (Wildman–Crippen LogP) is 1.32. The number of ether oxygens (including phenoxy) is 1. The van der Waals surface area contributed by atoms with Gasteiger partial charge in [0.05, 0.1) is 17.5 Å². The summed E-state index contributed by atoms with van der Waals surface area (Å²) in [6.07, 6.45) is 0. The highest BCUT2D eigenvalue weighted by molar-refractivity contribution is 6.06. The summed E-state index contributed by atoms with van der Waals surface area (Å²) in [6.45, 7) is 2.07. The third-order valence-corrected chi connectivity index (χ3v) is 2.09. The summed E-state index contributed by atoms with van der Waals surface area (Å²) in [5.41, 5.74) is 7.26. The van der Waals surface area contributed by atoms with Gasteiger partial charge in [0.1, 0.15) is 0 Å². The third kappa shape index (κ3) is 1.52. The van der Waals surface area contributed by atoms with E-state index < -0.39 is 5.97 Å². The average molecular weight is 205 g/mol. The highest BCUT2D eigenvalue weighted by Crippen LogP contribution is 2.22. The fourth-order valence-electron chi connectivity index (χ4n) is 1.45. The second-order valence-corrected chi connectivity index (χ2v) is 3.06. The van der Waals surface area contributed by atoms with E-state index in [0.29, 0.717) is 17.7 Å². The maximum atomic E-state index is 11.5. The first kappa shape index (κ1) is 9.51. The molecule has 0 radical (unpaired) electrons. The Balaban J connectivity index is 2.57. The zero-order chi connectivity index (χ0) is 10.8. The molecule has 0 amide bonds. The number of nitrogen functional groups attached to an aromatic ring is 1. The molecule has 0 spiro atoms. The van der Waals surface area contributed by atoms with Crippen molar-refractivity contribution < 1.29 is 9.53 Å². The van der Waals surface area contributed by atoms with E-state index in [4.69, 9.17) is 10.5 Å². The monoisotopic (exact) mass is 205 g/mol. The van der Waals surface area contributed by atoms with Gasteiger partial charge in [0.25, 0.3) is 0 Å². The number of rotatable bonds is 2. The number of aromatic nitrogens is 2. The van der Waals surface area contributed by atoms with Crippen LogP contribution in [-0.4, -0.2) is 22.8 Å². The van der Waals surface area contributed by atoms with Gasteiger partial charge in [-0.25, -0.2) is 4.79 Å². The number of benzene rings is 1. The molecule has 5 heteroatoms. The topological polar surface area (TPSA) is 81.0 Å². The van der Waals surface area contributed by atoms with Crippen LogP contribution in [-0.2, 0) is 4.74 Å². The van der Waals surface area contributed by atoms with Crippen LogP contribution in [0.3, 0.4) is 0 Å². The molecule has 0 aliphatic heterocycles. The molecule has 0 aliphatic rings. The molecule has 0 aliphatic carbocycles. The Morgan fingerprint density at radius 1 is 1.60 bits per heavy atom. The Morgan fingerprint density at radius 2 is 2.40 bits per heavy atom. The minimum atomic E-state index is -0.457. The number of carbonyl (C=O) groups excluding carboxylic acids is 1. The van der Waals surface area contributed by atoms with Crippen molar-refractivity contribution in [2.75, 3.05) is 12.3 Å². The van der Waals surface area contributed by atoms with Gasteiger partial charge in [0, 0.05) is 5.69 Å². The molecule has 0 saturated carbocycles. The van der Waals surface area contributed by atoms with E-state index in [9.17, 15) is 4.79 Å². The minimum Gasteiger partial charge on any atom is -0.461 e. The van der Waals surface area contributed by atoms with Crippen molar-refractivity contribution in [3.8, 4) is 0 Å². The Bertz CT molecular complexity index is 504. The van der Waals surface area contributed by atoms with Gasteiger partial charge >= 0.3 is 5.97 Å². The largest absolute Gasteiger partial charge is 0.461 e. The quantitative estimate of drug-likeness (QED) is 0.572.